The highest BCUT2D eigenvalue weighted by molar-refractivity contribution is 8.09. The molecule has 9 heteroatoms. The molecule has 3 nitrogen and oxygen atoms in total. The summed E-state index contributed by atoms with van der Waals surface area (Å²) in [5.74, 6) is -0.444. The van der Waals surface area contributed by atoms with Gasteiger partial charge in [-0.15, -0.1) is 11.8 Å². The molecule has 1 atom stereocenters. The molecule has 1 unspecified atom stereocenters. The van der Waals surface area contributed by atoms with Crippen LogP contribution in [0.2, 0.25) is 0 Å². The molecule has 1 aromatic carbocycles. The molecule has 0 saturated carbocycles. The van der Waals surface area contributed by atoms with Gasteiger partial charge in [-0.3, -0.25) is 0 Å². The minimum Gasteiger partial charge on any atom is -0.433 e. The Balaban J connectivity index is 2.71. The molecule has 0 aliphatic carbocycles. The molecule has 0 aliphatic heterocycles. The highest BCUT2D eigenvalue weighted by atomic mass is 32.5. The molecule has 0 aliphatic rings. The number of hydrogen-bond acceptors (Lipinski definition) is 4. The lowest BCUT2D eigenvalue weighted by atomic mass is 10.3. The number of rotatable bonds is 8. The van der Waals surface area contributed by atoms with E-state index in [0.717, 1.165) is 11.8 Å². The molecule has 0 radical (unpaired) electrons. The maximum absolute atomic E-state index is 12.2. The minimum atomic E-state index is -4.18. The van der Waals surface area contributed by atoms with E-state index in [1.165, 1.54) is 0 Å². The van der Waals surface area contributed by atoms with Crippen LogP contribution in [0.3, 0.4) is 0 Å². The van der Waals surface area contributed by atoms with Gasteiger partial charge in [0.2, 0.25) is 0 Å². The lowest BCUT2D eigenvalue weighted by molar-refractivity contribution is -0.105. The van der Waals surface area contributed by atoms with Crippen LogP contribution in [0.4, 0.5) is 13.2 Å². The van der Waals surface area contributed by atoms with Gasteiger partial charge in [0.05, 0.1) is 12.4 Å². The van der Waals surface area contributed by atoms with E-state index < -0.39 is 18.6 Å². The van der Waals surface area contributed by atoms with Gasteiger partial charge in [-0.2, -0.15) is 13.2 Å². The van der Waals surface area contributed by atoms with Gasteiger partial charge in [-0.25, -0.2) is 5.09 Å². The standard InChI is InChI=1S/C13H19F3NO2PS2/c1-4-18-20(21,17-10(2)3)19-11-5-7-12(8-6-11)22-9-13(14,15)16/h5-8,10H,4,9H2,1-3H3,(H,17,21). The van der Waals surface area contributed by atoms with Gasteiger partial charge in [0.25, 0.3) is 0 Å². The summed E-state index contributed by atoms with van der Waals surface area (Å²) in [6.45, 7) is 3.44. The van der Waals surface area contributed by atoms with Crippen molar-refractivity contribution < 1.29 is 22.2 Å². The average molecular weight is 373 g/mol. The second-order valence-electron chi connectivity index (χ2n) is 4.67. The Labute approximate surface area is 138 Å². The molecule has 22 heavy (non-hydrogen) atoms. The molecule has 1 aromatic rings. The molecule has 0 heterocycles. The third kappa shape index (κ3) is 7.83. The first-order chi connectivity index (χ1) is 10.1. The molecular formula is C13H19F3NO2PS2. The summed E-state index contributed by atoms with van der Waals surface area (Å²) in [6.07, 6.45) is -4.18. The second-order valence-corrected chi connectivity index (χ2v) is 8.85. The predicted octanol–water partition coefficient (Wildman–Crippen LogP) is 4.98. The van der Waals surface area contributed by atoms with E-state index >= 15 is 0 Å². The SMILES string of the molecule is CCOP(=S)(NC(C)C)Oc1ccc(SCC(F)(F)F)cc1. The smallest absolute Gasteiger partial charge is 0.398 e. The van der Waals surface area contributed by atoms with Crippen molar-refractivity contribution in [2.75, 3.05) is 12.4 Å². The van der Waals surface area contributed by atoms with Crippen LogP contribution >= 0.6 is 18.4 Å². The first kappa shape index (κ1) is 19.8. The third-order valence-corrected chi connectivity index (χ3v) is 5.98. The number of alkyl halides is 3. The van der Waals surface area contributed by atoms with Gasteiger partial charge in [0, 0.05) is 10.9 Å². The van der Waals surface area contributed by atoms with Crippen LogP contribution in [0.1, 0.15) is 20.8 Å². The van der Waals surface area contributed by atoms with Gasteiger partial charge in [-0.1, -0.05) is 0 Å². The Bertz CT molecular complexity index is 509. The van der Waals surface area contributed by atoms with Crippen LogP contribution in [0.25, 0.3) is 0 Å². The summed E-state index contributed by atoms with van der Waals surface area (Å²) < 4.78 is 47.7. The molecule has 0 saturated heterocycles. The fourth-order valence-electron chi connectivity index (χ4n) is 1.48. The molecule has 0 bridgehead atoms. The van der Waals surface area contributed by atoms with Gasteiger partial charge >= 0.3 is 12.8 Å². The fourth-order valence-corrected chi connectivity index (χ4v) is 4.89. The van der Waals surface area contributed by atoms with Crippen LogP contribution in [-0.4, -0.2) is 24.6 Å². The lowest BCUT2D eigenvalue weighted by Crippen LogP contribution is -2.23. The summed E-state index contributed by atoms with van der Waals surface area (Å²) in [4.78, 5) is 0.520. The molecular weight excluding hydrogens is 354 g/mol. The zero-order chi connectivity index (χ0) is 16.8. The highest BCUT2D eigenvalue weighted by Gasteiger charge is 2.27. The first-order valence-electron chi connectivity index (χ1n) is 6.65. The molecule has 0 fully saturated rings. The maximum atomic E-state index is 12.2. The molecule has 0 aromatic heterocycles. The van der Waals surface area contributed by atoms with E-state index in [-0.39, 0.29) is 6.04 Å². The normalized spacial score (nSPS) is 14.9. The zero-order valence-electron chi connectivity index (χ0n) is 12.5. The molecule has 0 amide bonds. The van der Waals surface area contributed by atoms with Crippen molar-refractivity contribution in [3.63, 3.8) is 0 Å². The van der Waals surface area contributed by atoms with Crippen LogP contribution in [0.15, 0.2) is 29.2 Å². The average Bonchev–Trinajstić information content (AvgIpc) is 2.36. The van der Waals surface area contributed by atoms with Gasteiger partial charge < -0.3 is 9.05 Å². The number of thioether (sulfide) groups is 1. The van der Waals surface area contributed by atoms with Crippen molar-refractivity contribution >= 4 is 30.2 Å². The molecule has 0 spiro atoms. The Morgan fingerprint density at radius 2 is 1.86 bits per heavy atom. The van der Waals surface area contributed by atoms with Crippen molar-refractivity contribution in [1.82, 2.24) is 5.09 Å². The van der Waals surface area contributed by atoms with Crippen molar-refractivity contribution in [2.24, 2.45) is 0 Å². The van der Waals surface area contributed by atoms with E-state index in [4.69, 9.17) is 20.9 Å². The summed E-state index contributed by atoms with van der Waals surface area (Å²) >= 11 is 6.12. The van der Waals surface area contributed by atoms with Crippen LogP contribution < -0.4 is 9.61 Å². The number of halogens is 3. The number of nitrogens with one attached hydrogen (secondary N) is 1. The van der Waals surface area contributed by atoms with Crippen molar-refractivity contribution in [3.8, 4) is 5.75 Å². The summed E-state index contributed by atoms with van der Waals surface area (Å²) in [5, 5.41) is 3.09. The predicted molar refractivity (Wildman–Crippen MR) is 88.0 cm³/mol. The minimum absolute atomic E-state index is 0.0963. The third-order valence-electron chi connectivity index (χ3n) is 2.17. The van der Waals surface area contributed by atoms with E-state index in [2.05, 4.69) is 5.09 Å². The van der Waals surface area contributed by atoms with E-state index in [1.54, 1.807) is 24.3 Å². The van der Waals surface area contributed by atoms with Gasteiger partial charge in [0.1, 0.15) is 5.75 Å². The highest BCUT2D eigenvalue weighted by Crippen LogP contribution is 2.45. The summed E-state index contributed by atoms with van der Waals surface area (Å²) in [7, 11) is 0. The Hall–Kier alpha value is -0.270. The molecule has 126 valence electrons. The zero-order valence-corrected chi connectivity index (χ0v) is 15.0. The quantitative estimate of drug-likeness (QED) is 0.513. The maximum Gasteiger partial charge on any atom is 0.398 e. The fraction of sp³-hybridized carbons (Fsp3) is 0.538. The van der Waals surface area contributed by atoms with Gasteiger partial charge in [-0.05, 0) is 56.8 Å². The number of benzene rings is 1. The van der Waals surface area contributed by atoms with Crippen molar-refractivity contribution in [1.29, 1.82) is 0 Å². The van der Waals surface area contributed by atoms with Crippen LogP contribution in [0.5, 0.6) is 5.75 Å². The first-order valence-corrected chi connectivity index (χ1v) is 10.3. The van der Waals surface area contributed by atoms with E-state index in [9.17, 15) is 13.2 Å². The van der Waals surface area contributed by atoms with Crippen molar-refractivity contribution in [3.05, 3.63) is 24.3 Å². The molecule has 1 N–H and O–H groups in total. The van der Waals surface area contributed by atoms with Crippen molar-refractivity contribution in [2.45, 2.75) is 37.9 Å². The lowest BCUT2D eigenvalue weighted by Gasteiger charge is -2.25. The van der Waals surface area contributed by atoms with Crippen LogP contribution in [-0.2, 0) is 16.3 Å². The largest absolute Gasteiger partial charge is 0.433 e. The Morgan fingerprint density at radius 3 is 2.32 bits per heavy atom. The molecule has 1 rings (SSSR count). The van der Waals surface area contributed by atoms with E-state index in [1.807, 2.05) is 20.8 Å². The van der Waals surface area contributed by atoms with Crippen LogP contribution in [0, 0.1) is 0 Å². The van der Waals surface area contributed by atoms with E-state index in [0.29, 0.717) is 17.3 Å². The topological polar surface area (TPSA) is 30.5 Å². The summed E-state index contributed by atoms with van der Waals surface area (Å²) in [5.41, 5.74) is 0. The summed E-state index contributed by atoms with van der Waals surface area (Å²) in [6, 6.07) is 6.44. The number of hydrogen-bond donors (Lipinski definition) is 1. The van der Waals surface area contributed by atoms with Gasteiger partial charge in [0.15, 0.2) is 0 Å². The Morgan fingerprint density at radius 1 is 1.27 bits per heavy atom. The Kier molecular flexibility index (Phi) is 7.68. The monoisotopic (exact) mass is 373 g/mol. The second kappa shape index (κ2) is 8.55.